The quantitative estimate of drug-likeness (QED) is 0.645. The first-order valence-corrected chi connectivity index (χ1v) is 5.97. The normalized spacial score (nSPS) is 17.0. The molecule has 1 aliphatic rings. The van der Waals surface area contributed by atoms with Crippen molar-refractivity contribution in [2.75, 3.05) is 25.4 Å². The van der Waals surface area contributed by atoms with Crippen LogP contribution in [0.4, 0.5) is 10.1 Å². The highest BCUT2D eigenvalue weighted by atomic mass is 19.1. The maximum Gasteiger partial charge on any atom is 0.176 e. The van der Waals surface area contributed by atoms with Gasteiger partial charge in [0.25, 0.3) is 0 Å². The summed E-state index contributed by atoms with van der Waals surface area (Å²) in [6.07, 6.45) is 3.55. The number of benzene rings is 1. The molecule has 2 N–H and O–H groups in total. The van der Waals surface area contributed by atoms with E-state index in [-0.39, 0.29) is 11.5 Å². The molecule has 0 radical (unpaired) electrons. The van der Waals surface area contributed by atoms with Crippen LogP contribution in [0.5, 0.6) is 0 Å². The number of halogens is 1. The maximum absolute atomic E-state index is 13.0. The molecular formula is C13H17FN2O. The molecule has 1 fully saturated rings. The van der Waals surface area contributed by atoms with Crippen molar-refractivity contribution in [2.45, 2.75) is 19.3 Å². The molecule has 0 atom stereocenters. The van der Waals surface area contributed by atoms with E-state index in [4.69, 9.17) is 5.73 Å². The summed E-state index contributed by atoms with van der Waals surface area (Å²) in [5.41, 5.74) is 5.98. The smallest absolute Gasteiger partial charge is 0.176 e. The van der Waals surface area contributed by atoms with Crippen LogP contribution in [0.15, 0.2) is 18.2 Å². The van der Waals surface area contributed by atoms with Gasteiger partial charge in [0.15, 0.2) is 5.78 Å². The lowest BCUT2D eigenvalue weighted by Crippen LogP contribution is -2.34. The molecule has 1 heterocycles. The molecular weight excluding hydrogens is 219 g/mol. The van der Waals surface area contributed by atoms with E-state index in [1.807, 2.05) is 0 Å². The molecule has 3 nitrogen and oxygen atoms in total. The molecule has 0 amide bonds. The number of ketones is 1. The highest BCUT2D eigenvalue weighted by Gasteiger charge is 2.15. The first-order chi connectivity index (χ1) is 8.16. The minimum Gasteiger partial charge on any atom is -0.396 e. The number of likely N-dealkylation sites (tertiary alicyclic amines) is 1. The van der Waals surface area contributed by atoms with Crippen LogP contribution >= 0.6 is 0 Å². The third-order valence-electron chi connectivity index (χ3n) is 3.13. The average molecular weight is 236 g/mol. The molecule has 17 heavy (non-hydrogen) atoms. The number of hydrogen-bond acceptors (Lipinski definition) is 3. The topological polar surface area (TPSA) is 46.3 Å². The third-order valence-corrected chi connectivity index (χ3v) is 3.13. The number of carbonyl (C=O) groups excluding carboxylic acids is 1. The number of nitrogens with two attached hydrogens (primary N) is 1. The molecule has 1 aliphatic heterocycles. The Kier molecular flexibility index (Phi) is 3.74. The molecule has 0 bridgehead atoms. The van der Waals surface area contributed by atoms with E-state index in [0.717, 1.165) is 25.9 Å². The van der Waals surface area contributed by atoms with Crippen molar-refractivity contribution in [1.29, 1.82) is 0 Å². The van der Waals surface area contributed by atoms with E-state index in [2.05, 4.69) is 4.90 Å². The standard InChI is InChI=1S/C13H17FN2O/c14-11-5-4-10(8-12(11)15)13(17)9-16-6-2-1-3-7-16/h4-5,8H,1-3,6-7,9,15H2. The van der Waals surface area contributed by atoms with E-state index < -0.39 is 5.82 Å². The van der Waals surface area contributed by atoms with Gasteiger partial charge in [-0.15, -0.1) is 0 Å². The zero-order valence-electron chi connectivity index (χ0n) is 9.79. The van der Waals surface area contributed by atoms with Crippen LogP contribution in [0.2, 0.25) is 0 Å². The molecule has 0 unspecified atom stereocenters. The Balaban J connectivity index is 2.01. The maximum atomic E-state index is 13.0. The van der Waals surface area contributed by atoms with Gasteiger partial charge in [-0.1, -0.05) is 6.42 Å². The molecule has 4 heteroatoms. The highest BCUT2D eigenvalue weighted by Crippen LogP contribution is 2.14. The van der Waals surface area contributed by atoms with Gasteiger partial charge in [0.2, 0.25) is 0 Å². The summed E-state index contributed by atoms with van der Waals surface area (Å²) < 4.78 is 13.0. The fraction of sp³-hybridized carbons (Fsp3) is 0.462. The molecule has 0 aromatic heterocycles. The van der Waals surface area contributed by atoms with Gasteiger partial charge in [-0.2, -0.15) is 0 Å². The van der Waals surface area contributed by atoms with E-state index in [9.17, 15) is 9.18 Å². The summed E-state index contributed by atoms with van der Waals surface area (Å²) in [4.78, 5) is 14.1. The van der Waals surface area contributed by atoms with Gasteiger partial charge in [-0.25, -0.2) is 4.39 Å². The van der Waals surface area contributed by atoms with Crippen molar-refractivity contribution < 1.29 is 9.18 Å². The Hall–Kier alpha value is -1.42. The summed E-state index contributed by atoms with van der Waals surface area (Å²) in [5, 5.41) is 0. The lowest BCUT2D eigenvalue weighted by molar-refractivity contribution is 0.0915. The first-order valence-electron chi connectivity index (χ1n) is 5.97. The van der Waals surface area contributed by atoms with E-state index in [1.54, 1.807) is 0 Å². The van der Waals surface area contributed by atoms with Gasteiger partial charge in [0.1, 0.15) is 5.82 Å². The number of piperidine rings is 1. The van der Waals surface area contributed by atoms with E-state index in [1.165, 1.54) is 24.6 Å². The molecule has 1 aromatic rings. The Morgan fingerprint density at radius 3 is 2.65 bits per heavy atom. The van der Waals surface area contributed by atoms with Gasteiger partial charge < -0.3 is 5.73 Å². The molecule has 92 valence electrons. The fourth-order valence-corrected chi connectivity index (χ4v) is 2.13. The molecule has 0 saturated carbocycles. The number of Topliss-reactive ketones (excluding diaryl/α,β-unsaturated/α-hetero) is 1. The van der Waals surface area contributed by atoms with Crippen molar-refractivity contribution in [3.05, 3.63) is 29.6 Å². The Morgan fingerprint density at radius 2 is 2.00 bits per heavy atom. The Labute approximate surface area is 100 Å². The fourth-order valence-electron chi connectivity index (χ4n) is 2.13. The summed E-state index contributed by atoms with van der Waals surface area (Å²) in [5.74, 6) is -0.460. The zero-order chi connectivity index (χ0) is 12.3. The van der Waals surface area contributed by atoms with E-state index >= 15 is 0 Å². The van der Waals surface area contributed by atoms with Crippen molar-refractivity contribution in [3.63, 3.8) is 0 Å². The van der Waals surface area contributed by atoms with Crippen LogP contribution in [0, 0.1) is 5.82 Å². The monoisotopic (exact) mass is 236 g/mol. The SMILES string of the molecule is Nc1cc(C(=O)CN2CCCCC2)ccc1F. The Morgan fingerprint density at radius 1 is 1.29 bits per heavy atom. The number of carbonyl (C=O) groups is 1. The van der Waals surface area contributed by atoms with Crippen LogP contribution in [0.3, 0.4) is 0 Å². The predicted molar refractivity (Wildman–Crippen MR) is 65.4 cm³/mol. The second-order valence-corrected chi connectivity index (χ2v) is 4.50. The minimum absolute atomic E-state index is 0.0126. The second kappa shape index (κ2) is 5.27. The van der Waals surface area contributed by atoms with Gasteiger partial charge in [0.05, 0.1) is 12.2 Å². The van der Waals surface area contributed by atoms with Gasteiger partial charge in [-0.3, -0.25) is 9.69 Å². The summed E-state index contributed by atoms with van der Waals surface area (Å²) in [6, 6.07) is 4.17. The third kappa shape index (κ3) is 3.03. The van der Waals surface area contributed by atoms with Crippen LogP contribution in [-0.2, 0) is 0 Å². The lowest BCUT2D eigenvalue weighted by Gasteiger charge is -2.25. The molecule has 1 aromatic carbocycles. The summed E-state index contributed by atoms with van der Waals surface area (Å²) in [6.45, 7) is 2.36. The van der Waals surface area contributed by atoms with E-state index in [0.29, 0.717) is 12.1 Å². The number of rotatable bonds is 3. The van der Waals surface area contributed by atoms with Crippen molar-refractivity contribution >= 4 is 11.5 Å². The lowest BCUT2D eigenvalue weighted by atomic mass is 10.1. The first kappa shape index (κ1) is 12.0. The molecule has 1 saturated heterocycles. The number of nitrogen functional groups attached to an aromatic ring is 1. The largest absolute Gasteiger partial charge is 0.396 e. The number of hydrogen-bond donors (Lipinski definition) is 1. The molecule has 2 rings (SSSR count). The number of nitrogens with zero attached hydrogens (tertiary/aromatic N) is 1. The highest BCUT2D eigenvalue weighted by molar-refractivity contribution is 5.98. The summed E-state index contributed by atoms with van der Waals surface area (Å²) >= 11 is 0. The Bertz CT molecular complexity index is 414. The van der Waals surface area contributed by atoms with Crippen LogP contribution < -0.4 is 5.73 Å². The zero-order valence-corrected chi connectivity index (χ0v) is 9.79. The predicted octanol–water partition coefficient (Wildman–Crippen LogP) is 2.08. The number of anilines is 1. The van der Waals surface area contributed by atoms with Crippen LogP contribution in [-0.4, -0.2) is 30.3 Å². The molecule has 0 spiro atoms. The van der Waals surface area contributed by atoms with Crippen LogP contribution in [0.1, 0.15) is 29.6 Å². The van der Waals surface area contributed by atoms with Crippen LogP contribution in [0.25, 0.3) is 0 Å². The van der Waals surface area contributed by atoms with Gasteiger partial charge in [-0.05, 0) is 44.1 Å². The molecule has 0 aliphatic carbocycles. The van der Waals surface area contributed by atoms with Gasteiger partial charge >= 0.3 is 0 Å². The van der Waals surface area contributed by atoms with Crippen molar-refractivity contribution in [1.82, 2.24) is 4.90 Å². The average Bonchev–Trinajstić information content (AvgIpc) is 2.34. The second-order valence-electron chi connectivity index (χ2n) is 4.50. The van der Waals surface area contributed by atoms with Crippen molar-refractivity contribution in [3.8, 4) is 0 Å². The van der Waals surface area contributed by atoms with Crippen molar-refractivity contribution in [2.24, 2.45) is 0 Å². The summed E-state index contributed by atoms with van der Waals surface area (Å²) in [7, 11) is 0. The van der Waals surface area contributed by atoms with Gasteiger partial charge in [0, 0.05) is 5.56 Å². The minimum atomic E-state index is -0.473.